The summed E-state index contributed by atoms with van der Waals surface area (Å²) in [6, 6.07) is 81.1. The second-order valence-electron chi connectivity index (χ2n) is 16.2. The third-order valence-electron chi connectivity index (χ3n) is 13.0. The van der Waals surface area contributed by atoms with E-state index in [4.69, 9.17) is 0 Å². The summed E-state index contributed by atoms with van der Waals surface area (Å²) in [5, 5.41) is 10.4. The number of hydrogen-bond acceptors (Lipinski definition) is 1. The van der Waals surface area contributed by atoms with Crippen LogP contribution in [0.15, 0.2) is 218 Å². The lowest BCUT2D eigenvalue weighted by Crippen LogP contribution is -1.97. The van der Waals surface area contributed by atoms with Crippen molar-refractivity contribution in [1.29, 1.82) is 0 Å². The van der Waals surface area contributed by atoms with E-state index in [9.17, 15) is 0 Å². The molecule has 0 saturated heterocycles. The number of rotatable bonds is 5. The highest BCUT2D eigenvalue weighted by molar-refractivity contribution is 7.26. The van der Waals surface area contributed by atoms with E-state index in [0.717, 1.165) is 0 Å². The van der Waals surface area contributed by atoms with Gasteiger partial charge in [-0.05, 0) is 117 Å². The van der Waals surface area contributed by atoms with Crippen molar-refractivity contribution < 1.29 is 0 Å². The van der Waals surface area contributed by atoms with E-state index in [2.05, 4.69) is 218 Å². The van der Waals surface area contributed by atoms with Gasteiger partial charge in [-0.2, -0.15) is 0 Å². The maximum absolute atomic E-state index is 2.44. The maximum Gasteiger partial charge on any atom is 0.0440 e. The van der Waals surface area contributed by atoms with Gasteiger partial charge < -0.3 is 0 Å². The van der Waals surface area contributed by atoms with E-state index >= 15 is 0 Å². The molecule has 0 atom stereocenters. The van der Waals surface area contributed by atoms with Crippen molar-refractivity contribution >= 4 is 63.8 Å². The van der Waals surface area contributed by atoms with Gasteiger partial charge in [-0.3, -0.25) is 0 Å². The van der Waals surface area contributed by atoms with Crippen LogP contribution in [0, 0.1) is 0 Å². The number of fused-ring (bicyclic) bond motifs is 9. The van der Waals surface area contributed by atoms with Crippen molar-refractivity contribution in [1.82, 2.24) is 0 Å². The fourth-order valence-electron chi connectivity index (χ4n) is 10.5. The van der Waals surface area contributed by atoms with Crippen LogP contribution in [0.3, 0.4) is 0 Å². The van der Waals surface area contributed by atoms with E-state index in [1.165, 1.54) is 130 Å². The van der Waals surface area contributed by atoms with Crippen LogP contribution in [0.2, 0.25) is 0 Å². The van der Waals surface area contributed by atoms with Crippen LogP contribution < -0.4 is 0 Å². The van der Waals surface area contributed by atoms with Crippen molar-refractivity contribution in [2.45, 2.75) is 0 Å². The van der Waals surface area contributed by atoms with Crippen molar-refractivity contribution in [2.75, 3.05) is 0 Å². The molecule has 0 bridgehead atoms. The van der Waals surface area contributed by atoms with Gasteiger partial charge in [0.25, 0.3) is 0 Å². The highest BCUT2D eigenvalue weighted by atomic mass is 32.1. The minimum atomic E-state index is 1.21. The first-order valence-corrected chi connectivity index (χ1v) is 21.9. The van der Waals surface area contributed by atoms with Crippen LogP contribution in [-0.4, -0.2) is 0 Å². The van der Waals surface area contributed by atoms with Crippen molar-refractivity contribution in [3.63, 3.8) is 0 Å². The third-order valence-corrected chi connectivity index (χ3v) is 14.2. The Morgan fingerprint density at radius 3 is 1.31 bits per heavy atom. The average Bonchev–Trinajstić information content (AvgIpc) is 3.89. The molecule has 1 aliphatic carbocycles. The van der Waals surface area contributed by atoms with Gasteiger partial charge in [0, 0.05) is 25.7 Å². The first-order chi connectivity index (χ1) is 30.3. The zero-order valence-corrected chi connectivity index (χ0v) is 34.0. The molecule has 0 aliphatic heterocycles. The fraction of sp³-hybridized carbons (Fsp3) is 0. The minimum absolute atomic E-state index is 1.21. The topological polar surface area (TPSA) is 0 Å². The Balaban J connectivity index is 1.23. The number of hydrogen-bond donors (Lipinski definition) is 0. The van der Waals surface area contributed by atoms with E-state index in [-0.39, 0.29) is 0 Å². The summed E-state index contributed by atoms with van der Waals surface area (Å²) in [6.45, 7) is 0. The van der Waals surface area contributed by atoms with Gasteiger partial charge in [-0.1, -0.05) is 206 Å². The smallest absolute Gasteiger partial charge is 0.0440 e. The predicted molar refractivity (Wildman–Crippen MR) is 263 cm³/mol. The second kappa shape index (κ2) is 13.5. The Bertz CT molecular complexity index is 3580. The molecule has 282 valence electrons. The SMILES string of the molecule is c1ccc(-c2ccc(-c3ccccc3)c3c(-c4ccccc4)c4c(c(-c5ccccc5)c23)-c2cccc3c(-c5cc6ccccc6c6c5sc5ccccc56)ccc-4c23)cc1. The molecule has 0 radical (unpaired) electrons. The Labute approximate surface area is 358 Å². The Morgan fingerprint density at radius 1 is 0.246 bits per heavy atom. The van der Waals surface area contributed by atoms with E-state index in [1.807, 2.05) is 11.3 Å². The first-order valence-electron chi connectivity index (χ1n) is 21.1. The molecule has 0 saturated carbocycles. The molecule has 0 nitrogen and oxygen atoms in total. The quantitative estimate of drug-likeness (QED) is 0.163. The lowest BCUT2D eigenvalue weighted by Gasteiger charge is -2.25. The van der Waals surface area contributed by atoms with Gasteiger partial charge in [-0.15, -0.1) is 11.3 Å². The van der Waals surface area contributed by atoms with Gasteiger partial charge in [0.2, 0.25) is 0 Å². The van der Waals surface area contributed by atoms with Crippen LogP contribution in [0.1, 0.15) is 0 Å². The largest absolute Gasteiger partial charge is 0.135 e. The van der Waals surface area contributed by atoms with Crippen molar-refractivity contribution in [3.05, 3.63) is 218 Å². The first kappa shape index (κ1) is 34.3. The van der Waals surface area contributed by atoms with Crippen LogP contribution in [0.5, 0.6) is 0 Å². The molecule has 1 heteroatoms. The Kier molecular flexibility index (Phi) is 7.58. The molecule has 0 fully saturated rings. The molecule has 1 aromatic heterocycles. The zero-order valence-electron chi connectivity index (χ0n) is 33.2. The molecule has 61 heavy (non-hydrogen) atoms. The molecule has 1 heterocycles. The highest BCUT2D eigenvalue weighted by Crippen LogP contribution is 2.61. The van der Waals surface area contributed by atoms with Gasteiger partial charge >= 0.3 is 0 Å². The molecular weight excluding hydrogens is 753 g/mol. The van der Waals surface area contributed by atoms with Crippen molar-refractivity contribution in [2.24, 2.45) is 0 Å². The monoisotopic (exact) mass is 788 g/mol. The second-order valence-corrected chi connectivity index (χ2v) is 17.3. The Morgan fingerprint density at radius 2 is 0.705 bits per heavy atom. The van der Waals surface area contributed by atoms with E-state index in [1.54, 1.807) is 0 Å². The standard InChI is InChI=1S/C60H36S/c1-5-18-37(19-6-1)43-32-33-44(38-20-7-2-8-21-38)57-53(40-24-11-4-12-25-40)59-49-35-34-45(46-29-17-30-48(54(46)49)58(59)52(56(43)57)39-22-9-3-10-23-39)50-36-41-26-13-14-27-42(41)55-47-28-15-16-31-51(47)61-60(50)55/h1-36H. The lowest BCUT2D eigenvalue weighted by molar-refractivity contribution is 1.59. The molecular formula is C60H36S. The van der Waals surface area contributed by atoms with Gasteiger partial charge in [0.05, 0.1) is 0 Å². The summed E-state index contributed by atoms with van der Waals surface area (Å²) in [5.74, 6) is 0. The predicted octanol–water partition coefficient (Wildman–Crippen LogP) is 17.5. The van der Waals surface area contributed by atoms with Crippen LogP contribution in [0.25, 0.3) is 130 Å². The molecule has 0 spiro atoms. The number of benzene rings is 11. The average molecular weight is 789 g/mol. The molecule has 0 amide bonds. The number of thiophene rings is 1. The summed E-state index contributed by atoms with van der Waals surface area (Å²) < 4.78 is 2.67. The summed E-state index contributed by atoms with van der Waals surface area (Å²) in [6.07, 6.45) is 0. The van der Waals surface area contributed by atoms with E-state index in [0.29, 0.717) is 0 Å². The van der Waals surface area contributed by atoms with Gasteiger partial charge in [0.15, 0.2) is 0 Å². The molecule has 1 aliphatic rings. The lowest BCUT2D eigenvalue weighted by atomic mass is 9.78. The summed E-state index contributed by atoms with van der Waals surface area (Å²) in [5.41, 5.74) is 17.7. The molecule has 12 aromatic rings. The summed E-state index contributed by atoms with van der Waals surface area (Å²) >= 11 is 1.92. The minimum Gasteiger partial charge on any atom is -0.135 e. The zero-order chi connectivity index (χ0) is 40.0. The highest BCUT2D eigenvalue weighted by Gasteiger charge is 2.33. The van der Waals surface area contributed by atoms with Crippen molar-refractivity contribution in [3.8, 4) is 77.9 Å². The fourth-order valence-corrected chi connectivity index (χ4v) is 11.7. The Hall–Kier alpha value is -7.58. The van der Waals surface area contributed by atoms with Gasteiger partial charge in [-0.25, -0.2) is 0 Å². The third kappa shape index (κ3) is 5.05. The van der Waals surface area contributed by atoms with Crippen LogP contribution in [0.4, 0.5) is 0 Å². The molecule has 11 aromatic carbocycles. The van der Waals surface area contributed by atoms with Gasteiger partial charge in [0.1, 0.15) is 0 Å². The summed E-state index contributed by atoms with van der Waals surface area (Å²) in [4.78, 5) is 0. The summed E-state index contributed by atoms with van der Waals surface area (Å²) in [7, 11) is 0. The molecule has 0 unspecified atom stereocenters. The normalized spacial score (nSPS) is 11.9. The van der Waals surface area contributed by atoms with E-state index < -0.39 is 0 Å². The molecule has 13 rings (SSSR count). The van der Waals surface area contributed by atoms with Crippen LogP contribution in [-0.2, 0) is 0 Å². The van der Waals surface area contributed by atoms with Crippen LogP contribution >= 0.6 is 11.3 Å². The molecule has 0 N–H and O–H groups in total. The maximum atomic E-state index is 2.44.